The highest BCUT2D eigenvalue weighted by Gasteiger charge is 2.31. The van der Waals surface area contributed by atoms with Crippen molar-refractivity contribution in [2.24, 2.45) is 5.92 Å². The molecule has 7 nitrogen and oxygen atoms in total. The minimum Gasteiger partial charge on any atom is -0.464 e. The summed E-state index contributed by atoms with van der Waals surface area (Å²) in [5, 5.41) is 8.04. The molecule has 7 heteroatoms. The number of nitrogens with zero attached hydrogens (tertiary/aromatic N) is 2. The molecule has 0 saturated heterocycles. The van der Waals surface area contributed by atoms with Gasteiger partial charge in [-0.15, -0.1) is 0 Å². The Balaban J connectivity index is 1.58. The number of carbonyl (C=O) groups excluding carboxylic acids is 2. The van der Waals surface area contributed by atoms with Crippen LogP contribution in [0.5, 0.6) is 0 Å². The number of benzene rings is 2. The van der Waals surface area contributed by atoms with Crippen molar-refractivity contribution in [1.29, 1.82) is 0 Å². The van der Waals surface area contributed by atoms with E-state index in [1.165, 1.54) is 5.56 Å². The van der Waals surface area contributed by atoms with Gasteiger partial charge in [0.2, 0.25) is 0 Å². The number of aromatic nitrogens is 2. The van der Waals surface area contributed by atoms with Gasteiger partial charge < -0.3 is 14.8 Å². The molecule has 1 heterocycles. The maximum absolute atomic E-state index is 13.5. The fraction of sp³-hybridized carbons (Fsp3) is 0.414. The topological polar surface area (TPSA) is 82.4 Å². The number of nitrogens with one attached hydrogen (secondary N) is 1. The lowest BCUT2D eigenvalue weighted by Crippen LogP contribution is -2.39. The van der Waals surface area contributed by atoms with Gasteiger partial charge in [-0.25, -0.2) is 9.48 Å². The zero-order valence-electron chi connectivity index (χ0n) is 21.5. The van der Waals surface area contributed by atoms with E-state index in [-0.39, 0.29) is 30.4 Å². The average molecular weight is 490 g/mol. The standard InChI is InChI=1S/C29H35N3O4/c1-5-36-26(33)18-35-17-23-12-9-13-24(23)30-29(34)27-21(4)28(22-10-7-6-8-11-22)32(31-27)25-15-14-19(2)16-20(25)3/h6-8,10-11,14-16,23-24H,5,9,12-13,17-18H2,1-4H3,(H,30,34). The van der Waals surface area contributed by atoms with Crippen LogP contribution < -0.4 is 5.32 Å². The molecule has 1 aromatic heterocycles. The average Bonchev–Trinajstić information content (AvgIpc) is 3.43. The molecule has 0 spiro atoms. The summed E-state index contributed by atoms with van der Waals surface area (Å²) >= 11 is 0. The number of hydrogen-bond acceptors (Lipinski definition) is 5. The second kappa shape index (κ2) is 11.5. The number of amides is 1. The number of esters is 1. The zero-order valence-corrected chi connectivity index (χ0v) is 21.5. The molecule has 0 aliphatic heterocycles. The molecule has 2 atom stereocenters. The maximum Gasteiger partial charge on any atom is 0.332 e. The van der Waals surface area contributed by atoms with E-state index in [4.69, 9.17) is 14.6 Å². The molecule has 1 saturated carbocycles. The van der Waals surface area contributed by atoms with E-state index in [2.05, 4.69) is 37.4 Å². The van der Waals surface area contributed by atoms with Gasteiger partial charge in [0, 0.05) is 23.1 Å². The Bertz CT molecular complexity index is 1220. The highest BCUT2D eigenvalue weighted by Crippen LogP contribution is 2.31. The quantitative estimate of drug-likeness (QED) is 0.431. The molecule has 1 N–H and O–H groups in total. The van der Waals surface area contributed by atoms with Gasteiger partial charge in [0.05, 0.1) is 24.6 Å². The molecule has 0 bridgehead atoms. The van der Waals surface area contributed by atoms with Gasteiger partial charge >= 0.3 is 5.97 Å². The van der Waals surface area contributed by atoms with E-state index >= 15 is 0 Å². The molecule has 1 aliphatic carbocycles. The molecular formula is C29H35N3O4. The summed E-state index contributed by atoms with van der Waals surface area (Å²) in [6.07, 6.45) is 2.82. The van der Waals surface area contributed by atoms with Gasteiger partial charge in [0.15, 0.2) is 5.69 Å². The van der Waals surface area contributed by atoms with E-state index in [0.717, 1.165) is 47.3 Å². The first-order valence-electron chi connectivity index (χ1n) is 12.7. The first kappa shape index (κ1) is 25.6. The van der Waals surface area contributed by atoms with Crippen LogP contribution in [-0.4, -0.2) is 47.5 Å². The summed E-state index contributed by atoms with van der Waals surface area (Å²) in [5.41, 5.74) is 6.40. The number of aryl methyl sites for hydroxylation is 2. The molecule has 36 heavy (non-hydrogen) atoms. The van der Waals surface area contributed by atoms with Crippen molar-refractivity contribution >= 4 is 11.9 Å². The van der Waals surface area contributed by atoms with Crippen LogP contribution in [0.2, 0.25) is 0 Å². The predicted molar refractivity (Wildman–Crippen MR) is 139 cm³/mol. The lowest BCUT2D eigenvalue weighted by atomic mass is 10.0. The summed E-state index contributed by atoms with van der Waals surface area (Å²) in [5.74, 6) is -0.397. The Morgan fingerprint density at radius 1 is 1.08 bits per heavy atom. The normalized spacial score (nSPS) is 17.2. The first-order chi connectivity index (χ1) is 17.4. The van der Waals surface area contributed by atoms with Gasteiger partial charge in [-0.1, -0.05) is 54.4 Å². The van der Waals surface area contributed by atoms with Crippen LogP contribution in [0.4, 0.5) is 0 Å². The van der Waals surface area contributed by atoms with Crippen molar-refractivity contribution < 1.29 is 19.1 Å². The molecule has 0 radical (unpaired) electrons. The molecule has 1 amide bonds. The molecule has 190 valence electrons. The van der Waals surface area contributed by atoms with Crippen LogP contribution in [0.15, 0.2) is 48.5 Å². The molecule has 4 rings (SSSR count). The number of carbonyl (C=O) groups is 2. The Morgan fingerprint density at radius 2 is 1.86 bits per heavy atom. The highest BCUT2D eigenvalue weighted by atomic mass is 16.6. The van der Waals surface area contributed by atoms with Gasteiger partial charge in [0.1, 0.15) is 6.61 Å². The van der Waals surface area contributed by atoms with E-state index in [1.54, 1.807) is 6.92 Å². The van der Waals surface area contributed by atoms with Gasteiger partial charge in [-0.05, 0) is 52.2 Å². The Labute approximate surface area is 212 Å². The van der Waals surface area contributed by atoms with Gasteiger partial charge in [-0.2, -0.15) is 5.10 Å². The minimum atomic E-state index is -0.364. The largest absolute Gasteiger partial charge is 0.464 e. The van der Waals surface area contributed by atoms with Crippen molar-refractivity contribution in [3.63, 3.8) is 0 Å². The van der Waals surface area contributed by atoms with Crippen molar-refractivity contribution in [2.45, 2.75) is 53.0 Å². The number of hydrogen-bond donors (Lipinski definition) is 1. The second-order valence-electron chi connectivity index (χ2n) is 9.48. The van der Waals surface area contributed by atoms with Crippen molar-refractivity contribution in [3.8, 4) is 16.9 Å². The van der Waals surface area contributed by atoms with E-state index in [9.17, 15) is 9.59 Å². The van der Waals surface area contributed by atoms with Crippen LogP contribution in [0, 0.1) is 26.7 Å². The number of ether oxygens (including phenoxy) is 2. The second-order valence-corrected chi connectivity index (χ2v) is 9.48. The van der Waals surface area contributed by atoms with Gasteiger partial charge in [-0.3, -0.25) is 4.79 Å². The SMILES string of the molecule is CCOC(=O)COCC1CCCC1NC(=O)c1nn(-c2ccc(C)cc2C)c(-c2ccccc2)c1C. The van der Waals surface area contributed by atoms with Crippen LogP contribution >= 0.6 is 0 Å². The van der Waals surface area contributed by atoms with Crippen LogP contribution in [-0.2, 0) is 14.3 Å². The lowest BCUT2D eigenvalue weighted by molar-refractivity contribution is -0.148. The van der Waals surface area contributed by atoms with Crippen molar-refractivity contribution in [1.82, 2.24) is 15.1 Å². The third kappa shape index (κ3) is 5.68. The Kier molecular flexibility index (Phi) is 8.21. The van der Waals surface area contributed by atoms with Crippen LogP contribution in [0.3, 0.4) is 0 Å². The smallest absolute Gasteiger partial charge is 0.332 e. The minimum absolute atomic E-state index is 0.0227. The monoisotopic (exact) mass is 489 g/mol. The fourth-order valence-electron chi connectivity index (χ4n) is 5.02. The Hall–Kier alpha value is -3.45. The maximum atomic E-state index is 13.5. The summed E-state index contributed by atoms with van der Waals surface area (Å²) < 4.78 is 12.4. The zero-order chi connectivity index (χ0) is 25.7. The summed E-state index contributed by atoms with van der Waals surface area (Å²) in [7, 11) is 0. The van der Waals surface area contributed by atoms with Crippen LogP contribution in [0.1, 0.15) is 53.4 Å². The van der Waals surface area contributed by atoms with E-state index in [0.29, 0.717) is 18.9 Å². The Morgan fingerprint density at radius 3 is 2.58 bits per heavy atom. The van der Waals surface area contributed by atoms with Gasteiger partial charge in [0.25, 0.3) is 5.91 Å². The van der Waals surface area contributed by atoms with Crippen molar-refractivity contribution in [2.75, 3.05) is 19.8 Å². The summed E-state index contributed by atoms with van der Waals surface area (Å²) in [4.78, 5) is 25.1. The molecule has 2 unspecified atom stereocenters. The van der Waals surface area contributed by atoms with Crippen molar-refractivity contribution in [3.05, 3.63) is 70.9 Å². The first-order valence-corrected chi connectivity index (χ1v) is 12.7. The molecular weight excluding hydrogens is 454 g/mol. The van der Waals surface area contributed by atoms with Crippen LogP contribution in [0.25, 0.3) is 16.9 Å². The lowest BCUT2D eigenvalue weighted by Gasteiger charge is -2.20. The molecule has 2 aromatic carbocycles. The number of rotatable bonds is 9. The van der Waals surface area contributed by atoms with E-state index < -0.39 is 0 Å². The molecule has 1 fully saturated rings. The summed E-state index contributed by atoms with van der Waals surface area (Å²) in [6, 6.07) is 16.3. The van der Waals surface area contributed by atoms with E-state index in [1.807, 2.05) is 41.9 Å². The fourth-order valence-corrected chi connectivity index (χ4v) is 5.02. The highest BCUT2D eigenvalue weighted by molar-refractivity contribution is 5.96. The third-order valence-corrected chi connectivity index (χ3v) is 6.80. The molecule has 1 aliphatic rings. The molecule has 3 aromatic rings. The predicted octanol–water partition coefficient (Wildman–Crippen LogP) is 4.94. The third-order valence-electron chi connectivity index (χ3n) is 6.80. The summed E-state index contributed by atoms with van der Waals surface area (Å²) in [6.45, 7) is 8.54.